The summed E-state index contributed by atoms with van der Waals surface area (Å²) in [6.45, 7) is 0.227. The van der Waals surface area contributed by atoms with Gasteiger partial charge in [-0.3, -0.25) is 4.79 Å². The number of anilines is 1. The van der Waals surface area contributed by atoms with Crippen LogP contribution in [0.15, 0.2) is 53.4 Å². The van der Waals surface area contributed by atoms with Crippen LogP contribution in [0.5, 0.6) is 5.75 Å². The van der Waals surface area contributed by atoms with Crippen LogP contribution in [0.4, 0.5) is 10.1 Å². The SMILES string of the molecule is O=C(Nc1cc(F)ccc1O)[C@H]1CCCCN1S(=O)(=O)c1ccccc1. The Hall–Kier alpha value is -2.45. The molecular weight excluding hydrogens is 359 g/mol. The largest absolute Gasteiger partial charge is 0.506 e. The molecule has 1 amide bonds. The number of sulfonamides is 1. The third-order valence-corrected chi connectivity index (χ3v) is 6.25. The zero-order valence-electron chi connectivity index (χ0n) is 13.9. The summed E-state index contributed by atoms with van der Waals surface area (Å²) in [5.74, 6) is -1.49. The van der Waals surface area contributed by atoms with E-state index in [0.29, 0.717) is 19.3 Å². The highest BCUT2D eigenvalue weighted by Crippen LogP contribution is 2.28. The highest BCUT2D eigenvalue weighted by molar-refractivity contribution is 7.89. The summed E-state index contributed by atoms with van der Waals surface area (Å²) in [4.78, 5) is 12.8. The second-order valence-electron chi connectivity index (χ2n) is 6.09. The molecule has 0 spiro atoms. The zero-order valence-corrected chi connectivity index (χ0v) is 14.7. The number of benzene rings is 2. The Morgan fingerprint density at radius 1 is 1.15 bits per heavy atom. The average Bonchev–Trinajstić information content (AvgIpc) is 2.65. The second kappa shape index (κ2) is 7.43. The highest BCUT2D eigenvalue weighted by atomic mass is 32.2. The molecule has 1 saturated heterocycles. The minimum Gasteiger partial charge on any atom is -0.506 e. The Morgan fingerprint density at radius 2 is 1.88 bits per heavy atom. The van der Waals surface area contributed by atoms with Crippen molar-refractivity contribution >= 4 is 21.6 Å². The molecular formula is C18H19FN2O4S. The minimum absolute atomic E-state index is 0.0855. The van der Waals surface area contributed by atoms with Gasteiger partial charge in [0.2, 0.25) is 15.9 Å². The quantitative estimate of drug-likeness (QED) is 0.801. The molecule has 0 radical (unpaired) electrons. The molecule has 1 fully saturated rings. The Balaban J connectivity index is 1.87. The molecule has 1 aliphatic rings. The Morgan fingerprint density at radius 3 is 2.62 bits per heavy atom. The number of amides is 1. The molecule has 8 heteroatoms. The molecule has 1 heterocycles. The minimum atomic E-state index is -3.83. The molecule has 0 bridgehead atoms. The van der Waals surface area contributed by atoms with Crippen LogP contribution in [-0.4, -0.2) is 36.3 Å². The first kappa shape index (κ1) is 18.3. The average molecular weight is 378 g/mol. The summed E-state index contributed by atoms with van der Waals surface area (Å²) in [6, 6.07) is 10.2. The molecule has 26 heavy (non-hydrogen) atoms. The van der Waals surface area contributed by atoms with Crippen molar-refractivity contribution in [3.63, 3.8) is 0 Å². The van der Waals surface area contributed by atoms with Gasteiger partial charge in [0, 0.05) is 12.6 Å². The molecule has 1 atom stereocenters. The van der Waals surface area contributed by atoms with Crippen LogP contribution >= 0.6 is 0 Å². The van der Waals surface area contributed by atoms with Gasteiger partial charge in [0.05, 0.1) is 10.6 Å². The van der Waals surface area contributed by atoms with Gasteiger partial charge in [-0.2, -0.15) is 4.31 Å². The maximum absolute atomic E-state index is 13.4. The van der Waals surface area contributed by atoms with Crippen LogP contribution in [0.25, 0.3) is 0 Å². The molecule has 2 N–H and O–H groups in total. The Bertz CT molecular complexity index is 903. The van der Waals surface area contributed by atoms with E-state index in [1.54, 1.807) is 18.2 Å². The molecule has 138 valence electrons. The first-order chi connectivity index (χ1) is 12.4. The van der Waals surface area contributed by atoms with Crippen LogP contribution in [0.2, 0.25) is 0 Å². The number of halogens is 1. The molecule has 2 aromatic rings. The van der Waals surface area contributed by atoms with Gasteiger partial charge in [0.1, 0.15) is 17.6 Å². The van der Waals surface area contributed by atoms with Crippen molar-refractivity contribution in [2.24, 2.45) is 0 Å². The topological polar surface area (TPSA) is 86.7 Å². The third kappa shape index (κ3) is 3.71. The third-order valence-electron chi connectivity index (χ3n) is 4.32. The monoisotopic (exact) mass is 378 g/mol. The summed E-state index contributed by atoms with van der Waals surface area (Å²) in [5.41, 5.74) is -0.0855. The van der Waals surface area contributed by atoms with Gasteiger partial charge in [-0.05, 0) is 37.1 Å². The number of rotatable bonds is 4. The maximum atomic E-state index is 13.4. The number of nitrogens with zero attached hydrogens (tertiary/aromatic N) is 1. The van der Waals surface area contributed by atoms with Crippen LogP contribution in [-0.2, 0) is 14.8 Å². The second-order valence-corrected chi connectivity index (χ2v) is 7.98. The number of aromatic hydroxyl groups is 1. The highest BCUT2D eigenvalue weighted by Gasteiger charge is 2.37. The van der Waals surface area contributed by atoms with Gasteiger partial charge >= 0.3 is 0 Å². The van der Waals surface area contributed by atoms with E-state index < -0.39 is 27.8 Å². The summed E-state index contributed by atoms with van der Waals surface area (Å²) >= 11 is 0. The van der Waals surface area contributed by atoms with Crippen LogP contribution in [0.1, 0.15) is 19.3 Å². The van der Waals surface area contributed by atoms with E-state index in [1.807, 2.05) is 0 Å². The lowest BCUT2D eigenvalue weighted by Gasteiger charge is -2.33. The van der Waals surface area contributed by atoms with E-state index in [0.717, 1.165) is 18.2 Å². The summed E-state index contributed by atoms with van der Waals surface area (Å²) in [7, 11) is -3.83. The predicted octanol–water partition coefficient (Wildman–Crippen LogP) is 2.71. The molecule has 2 aromatic carbocycles. The van der Waals surface area contributed by atoms with Crippen LogP contribution in [0.3, 0.4) is 0 Å². The van der Waals surface area contributed by atoms with E-state index in [1.165, 1.54) is 16.4 Å². The van der Waals surface area contributed by atoms with E-state index >= 15 is 0 Å². The van der Waals surface area contributed by atoms with Crippen molar-refractivity contribution in [1.29, 1.82) is 0 Å². The molecule has 3 rings (SSSR count). The van der Waals surface area contributed by atoms with E-state index in [4.69, 9.17) is 0 Å². The Kier molecular flexibility index (Phi) is 5.24. The number of nitrogens with one attached hydrogen (secondary N) is 1. The van der Waals surface area contributed by atoms with Crippen LogP contribution in [0, 0.1) is 5.82 Å². The predicted molar refractivity (Wildman–Crippen MR) is 94.7 cm³/mol. The van der Waals surface area contributed by atoms with E-state index in [-0.39, 0.29) is 22.9 Å². The van der Waals surface area contributed by atoms with Gasteiger partial charge in [0.25, 0.3) is 0 Å². The van der Waals surface area contributed by atoms with Gasteiger partial charge < -0.3 is 10.4 Å². The van der Waals surface area contributed by atoms with E-state index in [9.17, 15) is 22.7 Å². The van der Waals surface area contributed by atoms with Crippen molar-refractivity contribution in [1.82, 2.24) is 4.31 Å². The zero-order chi connectivity index (χ0) is 18.7. The maximum Gasteiger partial charge on any atom is 0.243 e. The number of phenolic OH excluding ortho intramolecular Hbond substituents is 1. The number of carbonyl (C=O) groups excluding carboxylic acids is 1. The normalized spacial score (nSPS) is 18.4. The van der Waals surface area contributed by atoms with Crippen LogP contribution < -0.4 is 5.32 Å². The number of hydrogen-bond donors (Lipinski definition) is 2. The van der Waals surface area contributed by atoms with Gasteiger partial charge in [-0.15, -0.1) is 0 Å². The van der Waals surface area contributed by atoms with Crippen molar-refractivity contribution in [3.05, 3.63) is 54.3 Å². The number of piperidine rings is 1. The molecule has 0 aromatic heterocycles. The van der Waals surface area contributed by atoms with Crippen molar-refractivity contribution in [2.75, 3.05) is 11.9 Å². The fraction of sp³-hybridized carbons (Fsp3) is 0.278. The molecule has 0 saturated carbocycles. The number of phenols is 1. The molecule has 1 aliphatic heterocycles. The summed E-state index contributed by atoms with van der Waals surface area (Å²) in [6.07, 6.45) is 1.71. The van der Waals surface area contributed by atoms with Crippen molar-refractivity contribution in [2.45, 2.75) is 30.2 Å². The molecule has 0 aliphatic carbocycles. The lowest BCUT2D eigenvalue weighted by molar-refractivity contribution is -0.120. The lowest BCUT2D eigenvalue weighted by Crippen LogP contribution is -2.49. The van der Waals surface area contributed by atoms with Gasteiger partial charge in [-0.25, -0.2) is 12.8 Å². The van der Waals surface area contributed by atoms with Gasteiger partial charge in [-0.1, -0.05) is 24.6 Å². The summed E-state index contributed by atoms with van der Waals surface area (Å²) < 4.78 is 40.4. The van der Waals surface area contributed by atoms with Gasteiger partial charge in [0.15, 0.2) is 0 Å². The Labute approximate surface area is 151 Å². The summed E-state index contributed by atoms with van der Waals surface area (Å²) in [5, 5.41) is 12.2. The fourth-order valence-corrected chi connectivity index (χ4v) is 4.68. The first-order valence-corrected chi connectivity index (χ1v) is 9.70. The standard InChI is InChI=1S/C18H19FN2O4S/c19-13-9-10-17(22)15(12-13)20-18(23)16-8-4-5-11-21(16)26(24,25)14-6-2-1-3-7-14/h1-3,6-7,9-10,12,16,22H,4-5,8,11H2,(H,20,23)/t16-/m1/s1. The van der Waals surface area contributed by atoms with E-state index in [2.05, 4.69) is 5.32 Å². The van der Waals surface area contributed by atoms with Crippen molar-refractivity contribution < 1.29 is 22.7 Å². The van der Waals surface area contributed by atoms with Crippen molar-refractivity contribution in [3.8, 4) is 5.75 Å². The first-order valence-electron chi connectivity index (χ1n) is 8.26. The number of hydrogen-bond acceptors (Lipinski definition) is 4. The molecule has 0 unspecified atom stereocenters. The smallest absolute Gasteiger partial charge is 0.243 e. The fourth-order valence-electron chi connectivity index (χ4n) is 3.01. The number of carbonyl (C=O) groups is 1. The molecule has 6 nitrogen and oxygen atoms in total. The lowest BCUT2D eigenvalue weighted by atomic mass is 10.0.